The Hall–Kier alpha value is -2.59. The second-order valence-electron chi connectivity index (χ2n) is 11.5. The van der Waals surface area contributed by atoms with Crippen LogP contribution < -0.4 is 0 Å². The standard InChI is InChI=1S/C32H39N3S/c1-22-18-26(32(3,4)5)19-23(2)29(22)21-36-31-34-33-30(35(31)27-15-7-6-8-16-27)20-25-14-11-13-24-12-9-10-17-28(24)25/h9-14,17-19,27H,6-8,15-16,20-21H2,1-5H3. The van der Waals surface area contributed by atoms with Crippen LogP contribution in [0, 0.1) is 13.8 Å². The predicted molar refractivity (Wildman–Crippen MR) is 153 cm³/mol. The maximum Gasteiger partial charge on any atom is 0.191 e. The molecule has 36 heavy (non-hydrogen) atoms. The van der Waals surface area contributed by atoms with Gasteiger partial charge in [0.25, 0.3) is 0 Å². The van der Waals surface area contributed by atoms with Crippen molar-refractivity contribution in [2.45, 2.75) is 95.5 Å². The van der Waals surface area contributed by atoms with E-state index in [0.29, 0.717) is 6.04 Å². The molecule has 1 aliphatic carbocycles. The highest BCUT2D eigenvalue weighted by atomic mass is 32.2. The summed E-state index contributed by atoms with van der Waals surface area (Å²) in [6.45, 7) is 11.4. The average molecular weight is 498 g/mol. The number of rotatable bonds is 6. The highest BCUT2D eigenvalue weighted by Crippen LogP contribution is 2.36. The van der Waals surface area contributed by atoms with Gasteiger partial charge in [0.05, 0.1) is 0 Å². The molecule has 0 aliphatic heterocycles. The van der Waals surface area contributed by atoms with Crippen molar-refractivity contribution < 1.29 is 0 Å². The van der Waals surface area contributed by atoms with Crippen LogP contribution in [0.25, 0.3) is 10.8 Å². The summed E-state index contributed by atoms with van der Waals surface area (Å²) < 4.78 is 2.50. The molecule has 188 valence electrons. The summed E-state index contributed by atoms with van der Waals surface area (Å²) >= 11 is 1.86. The first-order valence-corrected chi connectivity index (χ1v) is 14.4. The van der Waals surface area contributed by atoms with Crippen LogP contribution in [0.5, 0.6) is 0 Å². The SMILES string of the molecule is Cc1cc(C(C)(C)C)cc(C)c1CSc1nnc(Cc2cccc3ccccc23)n1C1CCCCC1. The maximum absolute atomic E-state index is 4.79. The van der Waals surface area contributed by atoms with Gasteiger partial charge in [-0.05, 0) is 70.7 Å². The largest absolute Gasteiger partial charge is 0.303 e. The molecule has 0 unspecified atom stereocenters. The van der Waals surface area contributed by atoms with Crippen LogP contribution in [0.4, 0.5) is 0 Å². The number of benzene rings is 3. The van der Waals surface area contributed by atoms with Crippen molar-refractivity contribution in [3.63, 3.8) is 0 Å². The zero-order valence-electron chi connectivity index (χ0n) is 22.5. The zero-order chi connectivity index (χ0) is 25.3. The van der Waals surface area contributed by atoms with Crippen LogP contribution in [0.2, 0.25) is 0 Å². The van der Waals surface area contributed by atoms with E-state index in [1.54, 1.807) is 0 Å². The molecule has 0 bridgehead atoms. The third kappa shape index (κ3) is 5.25. The molecule has 4 aromatic rings. The summed E-state index contributed by atoms with van der Waals surface area (Å²) in [7, 11) is 0. The Morgan fingerprint density at radius 3 is 2.31 bits per heavy atom. The van der Waals surface area contributed by atoms with E-state index in [2.05, 4.69) is 93.8 Å². The fourth-order valence-corrected chi connectivity index (χ4v) is 6.86. The van der Waals surface area contributed by atoms with E-state index in [1.165, 1.54) is 70.7 Å². The molecule has 0 radical (unpaired) electrons. The first-order chi connectivity index (χ1) is 17.3. The molecule has 1 fully saturated rings. The van der Waals surface area contributed by atoms with E-state index in [1.807, 2.05) is 11.8 Å². The molecular formula is C32H39N3S. The molecule has 3 nitrogen and oxygen atoms in total. The van der Waals surface area contributed by atoms with Crippen LogP contribution in [0.1, 0.15) is 92.6 Å². The topological polar surface area (TPSA) is 30.7 Å². The minimum atomic E-state index is 0.166. The first-order valence-electron chi connectivity index (χ1n) is 13.4. The van der Waals surface area contributed by atoms with Crippen LogP contribution in [-0.4, -0.2) is 14.8 Å². The van der Waals surface area contributed by atoms with Gasteiger partial charge in [-0.25, -0.2) is 0 Å². The van der Waals surface area contributed by atoms with Crippen molar-refractivity contribution in [2.24, 2.45) is 0 Å². The van der Waals surface area contributed by atoms with E-state index in [-0.39, 0.29) is 5.41 Å². The summed E-state index contributed by atoms with van der Waals surface area (Å²) in [5, 5.41) is 13.3. The monoisotopic (exact) mass is 497 g/mol. The molecule has 5 rings (SSSR count). The number of hydrogen-bond acceptors (Lipinski definition) is 3. The van der Waals surface area contributed by atoms with E-state index in [4.69, 9.17) is 10.2 Å². The van der Waals surface area contributed by atoms with Gasteiger partial charge in [0.2, 0.25) is 0 Å². The van der Waals surface area contributed by atoms with E-state index in [0.717, 1.165) is 23.2 Å². The van der Waals surface area contributed by atoms with Gasteiger partial charge in [0, 0.05) is 18.2 Å². The molecular weight excluding hydrogens is 458 g/mol. The normalized spacial score (nSPS) is 15.0. The van der Waals surface area contributed by atoms with Gasteiger partial charge in [0.1, 0.15) is 5.82 Å². The number of aromatic nitrogens is 3. The van der Waals surface area contributed by atoms with Crippen LogP contribution >= 0.6 is 11.8 Å². The Bertz CT molecular complexity index is 1330. The lowest BCUT2D eigenvalue weighted by atomic mass is 9.84. The van der Waals surface area contributed by atoms with Gasteiger partial charge in [-0.3, -0.25) is 0 Å². The van der Waals surface area contributed by atoms with Gasteiger partial charge in [-0.2, -0.15) is 0 Å². The fraction of sp³-hybridized carbons (Fsp3) is 0.438. The third-order valence-electron chi connectivity index (χ3n) is 7.81. The number of fused-ring (bicyclic) bond motifs is 1. The molecule has 0 saturated heterocycles. The van der Waals surface area contributed by atoms with Gasteiger partial charge in [0.15, 0.2) is 5.16 Å². The van der Waals surface area contributed by atoms with Gasteiger partial charge in [-0.1, -0.05) is 106 Å². The molecule has 1 saturated carbocycles. The Balaban J connectivity index is 1.45. The highest BCUT2D eigenvalue weighted by molar-refractivity contribution is 7.98. The maximum atomic E-state index is 4.79. The van der Waals surface area contributed by atoms with E-state index < -0.39 is 0 Å². The quantitative estimate of drug-likeness (QED) is 0.250. The van der Waals surface area contributed by atoms with Gasteiger partial charge >= 0.3 is 0 Å². The summed E-state index contributed by atoms with van der Waals surface area (Å²) in [4.78, 5) is 0. The number of thioether (sulfide) groups is 1. The Morgan fingerprint density at radius 2 is 1.58 bits per heavy atom. The summed E-state index contributed by atoms with van der Waals surface area (Å²) in [6.07, 6.45) is 7.22. The van der Waals surface area contributed by atoms with Crippen LogP contribution in [0.15, 0.2) is 59.8 Å². The summed E-state index contributed by atoms with van der Waals surface area (Å²) in [5.74, 6) is 2.04. The smallest absolute Gasteiger partial charge is 0.191 e. The van der Waals surface area contributed by atoms with E-state index in [9.17, 15) is 0 Å². The second kappa shape index (κ2) is 10.4. The second-order valence-corrected chi connectivity index (χ2v) is 12.4. The van der Waals surface area contributed by atoms with Crippen LogP contribution in [0.3, 0.4) is 0 Å². The predicted octanol–water partition coefficient (Wildman–Crippen LogP) is 8.73. The Labute approximate surface area is 220 Å². The summed E-state index contributed by atoms with van der Waals surface area (Å²) in [5.41, 5.74) is 7.10. The zero-order valence-corrected chi connectivity index (χ0v) is 23.3. The lowest BCUT2D eigenvalue weighted by Gasteiger charge is -2.26. The van der Waals surface area contributed by atoms with Crippen molar-refractivity contribution in [1.29, 1.82) is 0 Å². The summed E-state index contributed by atoms with van der Waals surface area (Å²) in [6, 6.07) is 20.5. The van der Waals surface area contributed by atoms with E-state index >= 15 is 0 Å². The Morgan fingerprint density at radius 1 is 0.889 bits per heavy atom. The molecule has 0 N–H and O–H groups in total. The molecule has 1 aliphatic rings. The highest BCUT2D eigenvalue weighted by Gasteiger charge is 2.24. The van der Waals surface area contributed by atoms with Crippen LogP contribution in [-0.2, 0) is 17.6 Å². The molecule has 1 aromatic heterocycles. The Kier molecular flexibility index (Phi) is 7.25. The van der Waals surface area contributed by atoms with Crippen molar-refractivity contribution in [3.8, 4) is 0 Å². The van der Waals surface area contributed by atoms with Crippen molar-refractivity contribution in [1.82, 2.24) is 14.8 Å². The molecule has 0 spiro atoms. The molecule has 4 heteroatoms. The van der Waals surface area contributed by atoms with Gasteiger partial charge in [-0.15, -0.1) is 10.2 Å². The molecule has 0 amide bonds. The average Bonchev–Trinajstić information content (AvgIpc) is 3.26. The molecule has 3 aromatic carbocycles. The minimum absolute atomic E-state index is 0.166. The van der Waals surface area contributed by atoms with Crippen molar-refractivity contribution in [3.05, 3.63) is 88.2 Å². The minimum Gasteiger partial charge on any atom is -0.303 e. The number of aryl methyl sites for hydroxylation is 2. The lowest BCUT2D eigenvalue weighted by Crippen LogP contribution is -2.17. The van der Waals surface area contributed by atoms with Crippen molar-refractivity contribution >= 4 is 22.5 Å². The molecule has 1 heterocycles. The fourth-order valence-electron chi connectivity index (χ4n) is 5.64. The van der Waals surface area contributed by atoms with Gasteiger partial charge < -0.3 is 4.57 Å². The third-order valence-corrected chi connectivity index (χ3v) is 8.78. The lowest BCUT2D eigenvalue weighted by molar-refractivity contribution is 0.330. The van der Waals surface area contributed by atoms with Crippen molar-refractivity contribution in [2.75, 3.05) is 0 Å². The molecule has 0 atom stereocenters. The first kappa shape index (κ1) is 25.1. The number of hydrogen-bond donors (Lipinski definition) is 0. The number of nitrogens with zero attached hydrogens (tertiary/aromatic N) is 3.